The summed E-state index contributed by atoms with van der Waals surface area (Å²) in [6, 6.07) is 9.64. The number of benzene rings is 1. The molecule has 2 fully saturated rings. The van der Waals surface area contributed by atoms with Crippen LogP contribution in [0.4, 0.5) is 10.5 Å². The first-order valence-electron chi connectivity index (χ1n) is 10.2. The van der Waals surface area contributed by atoms with Gasteiger partial charge in [0.15, 0.2) is 0 Å². The second kappa shape index (κ2) is 8.32. The smallest absolute Gasteiger partial charge is 0.404 e. The Morgan fingerprint density at radius 1 is 1.08 bits per heavy atom. The number of amides is 1. The zero-order chi connectivity index (χ0) is 18.6. The maximum Gasteiger partial charge on any atom is 0.404 e. The van der Waals surface area contributed by atoms with E-state index in [1.165, 1.54) is 36.9 Å². The van der Waals surface area contributed by atoms with E-state index in [4.69, 9.17) is 10.5 Å². The van der Waals surface area contributed by atoms with Crippen molar-refractivity contribution in [3.63, 3.8) is 0 Å². The molecule has 1 aromatic carbocycles. The quantitative estimate of drug-likeness (QED) is 0.737. The molecule has 26 heavy (non-hydrogen) atoms. The number of primary amides is 1. The van der Waals surface area contributed by atoms with Crippen LogP contribution in [0.2, 0.25) is 0 Å². The fourth-order valence-corrected chi connectivity index (χ4v) is 4.49. The third-order valence-electron chi connectivity index (χ3n) is 6.40. The fraction of sp³-hybridized carbons (Fsp3) is 0.682. The Morgan fingerprint density at radius 3 is 2.27 bits per heavy atom. The van der Waals surface area contributed by atoms with E-state index in [0.717, 1.165) is 31.6 Å². The highest BCUT2D eigenvalue weighted by Crippen LogP contribution is 2.42. The monoisotopic (exact) mass is 358 g/mol. The van der Waals surface area contributed by atoms with E-state index in [-0.39, 0.29) is 0 Å². The van der Waals surface area contributed by atoms with E-state index in [1.54, 1.807) is 0 Å². The van der Waals surface area contributed by atoms with E-state index in [1.807, 2.05) is 0 Å². The van der Waals surface area contributed by atoms with E-state index in [0.29, 0.717) is 24.0 Å². The molecule has 0 aliphatic heterocycles. The molecule has 0 aromatic heterocycles. The van der Waals surface area contributed by atoms with Gasteiger partial charge < -0.3 is 15.8 Å². The highest BCUT2D eigenvalue weighted by Gasteiger charge is 2.27. The first-order chi connectivity index (χ1) is 12.4. The van der Waals surface area contributed by atoms with Crippen molar-refractivity contribution in [2.45, 2.75) is 77.2 Å². The van der Waals surface area contributed by atoms with Crippen molar-refractivity contribution in [2.24, 2.45) is 17.1 Å². The number of anilines is 1. The first kappa shape index (κ1) is 19.1. The normalized spacial score (nSPS) is 26.2. The van der Waals surface area contributed by atoms with Crippen LogP contribution in [0.3, 0.4) is 0 Å². The zero-order valence-electron chi connectivity index (χ0n) is 16.3. The summed E-state index contributed by atoms with van der Waals surface area (Å²) in [5.41, 5.74) is 8.29. The molecule has 0 spiro atoms. The van der Waals surface area contributed by atoms with Crippen molar-refractivity contribution in [3.05, 3.63) is 29.8 Å². The number of nitrogens with two attached hydrogens (primary N) is 1. The lowest BCUT2D eigenvalue weighted by molar-refractivity contribution is 0.123. The van der Waals surface area contributed by atoms with Crippen LogP contribution in [0.1, 0.15) is 76.7 Å². The third-order valence-corrected chi connectivity index (χ3v) is 6.40. The Morgan fingerprint density at radius 2 is 1.69 bits per heavy atom. The summed E-state index contributed by atoms with van der Waals surface area (Å²) in [6.07, 6.45) is 9.04. The summed E-state index contributed by atoms with van der Waals surface area (Å²) in [7, 11) is 0. The van der Waals surface area contributed by atoms with Gasteiger partial charge in [-0.2, -0.15) is 0 Å². The van der Waals surface area contributed by atoms with E-state index < -0.39 is 6.09 Å². The van der Waals surface area contributed by atoms with Crippen molar-refractivity contribution in [3.8, 4) is 0 Å². The van der Waals surface area contributed by atoms with Gasteiger partial charge in [0.25, 0.3) is 0 Å². The number of hydrogen-bond donors (Lipinski definition) is 2. The lowest BCUT2D eigenvalue weighted by Gasteiger charge is -2.34. The molecule has 2 aliphatic rings. The Hall–Kier alpha value is -1.71. The zero-order valence-corrected chi connectivity index (χ0v) is 16.3. The molecule has 0 heterocycles. The Bertz CT molecular complexity index is 579. The van der Waals surface area contributed by atoms with Gasteiger partial charge >= 0.3 is 6.09 Å². The molecule has 0 saturated heterocycles. The standard InChI is InChI=1S/C22H34N2O2/c1-22(2)13-11-18(12-14-22)17-5-9-20(10-6-17)24-19-7-3-16(4-8-19)15-26-21(23)25/h5-6,9-10,16,18-19,24H,3-4,7-8,11-15H2,1-2H3,(H2,23,25). The number of nitrogens with one attached hydrogen (secondary N) is 1. The summed E-state index contributed by atoms with van der Waals surface area (Å²) in [5, 5.41) is 3.68. The molecule has 3 rings (SSSR count). The molecule has 4 heteroatoms. The predicted molar refractivity (Wildman–Crippen MR) is 106 cm³/mol. The molecule has 2 aliphatic carbocycles. The molecule has 2 saturated carbocycles. The largest absolute Gasteiger partial charge is 0.449 e. The molecule has 0 bridgehead atoms. The van der Waals surface area contributed by atoms with Gasteiger partial charge in [0, 0.05) is 11.7 Å². The van der Waals surface area contributed by atoms with Crippen LogP contribution in [0, 0.1) is 11.3 Å². The van der Waals surface area contributed by atoms with Gasteiger partial charge in [0.1, 0.15) is 0 Å². The molecule has 1 aromatic rings. The molecule has 0 atom stereocenters. The van der Waals surface area contributed by atoms with Crippen LogP contribution >= 0.6 is 0 Å². The second-order valence-corrected chi connectivity index (χ2v) is 9.05. The number of rotatable bonds is 5. The summed E-state index contributed by atoms with van der Waals surface area (Å²) in [5.74, 6) is 1.19. The topological polar surface area (TPSA) is 64.3 Å². The third kappa shape index (κ3) is 5.39. The van der Waals surface area contributed by atoms with Crippen LogP contribution in [-0.2, 0) is 4.74 Å². The Kier molecular flexibility index (Phi) is 6.10. The van der Waals surface area contributed by atoms with Gasteiger partial charge in [-0.15, -0.1) is 0 Å². The average Bonchev–Trinajstić information content (AvgIpc) is 2.62. The van der Waals surface area contributed by atoms with Crippen LogP contribution < -0.4 is 11.1 Å². The lowest BCUT2D eigenvalue weighted by atomic mass is 9.71. The SMILES string of the molecule is CC1(C)CCC(c2ccc(NC3CCC(COC(N)=O)CC3)cc2)CC1. The molecule has 144 valence electrons. The van der Waals surface area contributed by atoms with E-state index in [9.17, 15) is 4.79 Å². The summed E-state index contributed by atoms with van der Waals surface area (Å²) < 4.78 is 4.94. The summed E-state index contributed by atoms with van der Waals surface area (Å²) >= 11 is 0. The predicted octanol–water partition coefficient (Wildman–Crippen LogP) is 5.44. The highest BCUT2D eigenvalue weighted by molar-refractivity contribution is 5.64. The molecule has 0 unspecified atom stereocenters. The number of carbonyl (C=O) groups excluding carboxylic acids is 1. The van der Waals surface area contributed by atoms with Gasteiger partial charge in [-0.1, -0.05) is 26.0 Å². The minimum absolute atomic E-state index is 0.457. The van der Waals surface area contributed by atoms with Crippen LogP contribution in [-0.4, -0.2) is 18.7 Å². The number of hydrogen-bond acceptors (Lipinski definition) is 3. The van der Waals surface area contributed by atoms with Gasteiger partial charge in [0.05, 0.1) is 6.61 Å². The molecule has 3 N–H and O–H groups in total. The van der Waals surface area contributed by atoms with E-state index in [2.05, 4.69) is 43.4 Å². The fourth-order valence-electron chi connectivity index (χ4n) is 4.49. The average molecular weight is 359 g/mol. The highest BCUT2D eigenvalue weighted by atomic mass is 16.5. The van der Waals surface area contributed by atoms with Gasteiger partial charge in [-0.3, -0.25) is 0 Å². The van der Waals surface area contributed by atoms with E-state index >= 15 is 0 Å². The first-order valence-corrected chi connectivity index (χ1v) is 10.2. The van der Waals surface area contributed by atoms with Gasteiger partial charge in [0.2, 0.25) is 0 Å². The lowest BCUT2D eigenvalue weighted by Crippen LogP contribution is -2.29. The van der Waals surface area contributed by atoms with Crippen molar-refractivity contribution in [1.82, 2.24) is 0 Å². The minimum Gasteiger partial charge on any atom is -0.449 e. The van der Waals surface area contributed by atoms with Gasteiger partial charge in [-0.05, 0) is 86.3 Å². The molecule has 0 radical (unpaired) electrons. The minimum atomic E-state index is -0.660. The van der Waals surface area contributed by atoms with Crippen molar-refractivity contribution in [1.29, 1.82) is 0 Å². The Balaban J connectivity index is 1.44. The molecular weight excluding hydrogens is 324 g/mol. The van der Waals surface area contributed by atoms with Crippen molar-refractivity contribution in [2.75, 3.05) is 11.9 Å². The molecule has 1 amide bonds. The maximum atomic E-state index is 10.7. The molecule has 4 nitrogen and oxygen atoms in total. The maximum absolute atomic E-state index is 10.7. The second-order valence-electron chi connectivity index (χ2n) is 9.05. The van der Waals surface area contributed by atoms with Crippen LogP contribution in [0.25, 0.3) is 0 Å². The van der Waals surface area contributed by atoms with Gasteiger partial charge in [-0.25, -0.2) is 4.79 Å². The number of carbonyl (C=O) groups is 1. The van der Waals surface area contributed by atoms with Crippen LogP contribution in [0.5, 0.6) is 0 Å². The Labute approximate surface area is 157 Å². The van der Waals surface area contributed by atoms with Crippen molar-refractivity contribution < 1.29 is 9.53 Å². The molecular formula is C22H34N2O2. The van der Waals surface area contributed by atoms with Crippen molar-refractivity contribution >= 4 is 11.8 Å². The van der Waals surface area contributed by atoms with Crippen LogP contribution in [0.15, 0.2) is 24.3 Å². The summed E-state index contributed by atoms with van der Waals surface area (Å²) in [4.78, 5) is 10.7. The number of ether oxygens (including phenoxy) is 1. The summed E-state index contributed by atoms with van der Waals surface area (Å²) in [6.45, 7) is 5.25.